The molecule has 0 aromatic rings. The maximum atomic E-state index is 6.07. The number of rotatable bonds is 12. The molecular weight excluding hydrogens is 298 g/mol. The summed E-state index contributed by atoms with van der Waals surface area (Å²) in [6.07, 6.45) is 7.46. The summed E-state index contributed by atoms with van der Waals surface area (Å²) in [6.45, 7) is 12.9. The van der Waals surface area contributed by atoms with E-state index in [1.165, 1.54) is 0 Å². The first-order valence-corrected chi connectivity index (χ1v) is 11.0. The Bertz CT molecular complexity index is 169. The van der Waals surface area contributed by atoms with Gasteiger partial charge in [0, 0.05) is 0 Å². The first-order chi connectivity index (χ1) is 9.03. The van der Waals surface area contributed by atoms with E-state index in [1.807, 2.05) is 0 Å². The Morgan fingerprint density at radius 1 is 0.632 bits per heavy atom. The first-order valence-electron chi connectivity index (χ1n) is 7.99. The van der Waals surface area contributed by atoms with Crippen LogP contribution >= 0.6 is 0 Å². The van der Waals surface area contributed by atoms with Crippen LogP contribution in [0, 0.1) is 0 Å². The van der Waals surface area contributed by atoms with Crippen molar-refractivity contribution in [2.24, 2.45) is 0 Å². The van der Waals surface area contributed by atoms with E-state index in [4.69, 9.17) is 10.6 Å². The molecule has 0 amide bonds. The summed E-state index contributed by atoms with van der Waals surface area (Å²) >= 11 is -2.52. The van der Waals surface area contributed by atoms with E-state index < -0.39 is 17.3 Å². The topological polar surface area (TPSA) is 27.7 Å². The second-order valence-electron chi connectivity index (χ2n) is 5.49. The van der Waals surface area contributed by atoms with E-state index in [1.54, 1.807) is 0 Å². The standard InChI is InChI=1S/3C5H11O.Ga/c3*1-3-4-5(2)6;/h3*5H,3-4H2,1-2H3;/q3*-1;+3. The molecule has 0 saturated carbocycles. The average molecular weight is 331 g/mol. The third-order valence-corrected chi connectivity index (χ3v) is 7.44. The molecule has 0 rings (SSSR count). The fraction of sp³-hybridized carbons (Fsp3) is 1.00. The van der Waals surface area contributed by atoms with Crippen LogP contribution in [0.25, 0.3) is 0 Å². The van der Waals surface area contributed by atoms with E-state index in [9.17, 15) is 0 Å². The molecule has 0 saturated heterocycles. The van der Waals surface area contributed by atoms with Gasteiger partial charge in [-0.2, -0.15) is 0 Å². The van der Waals surface area contributed by atoms with Crippen molar-refractivity contribution in [2.75, 3.05) is 0 Å². The fourth-order valence-electron chi connectivity index (χ4n) is 2.09. The van der Waals surface area contributed by atoms with Gasteiger partial charge in [-0.15, -0.1) is 0 Å². The third kappa shape index (κ3) is 10.9. The van der Waals surface area contributed by atoms with Gasteiger partial charge in [-0.05, 0) is 0 Å². The molecule has 3 nitrogen and oxygen atoms in total. The fourth-order valence-corrected chi connectivity index (χ4v) is 5.74. The zero-order valence-electron chi connectivity index (χ0n) is 13.8. The number of hydrogen-bond donors (Lipinski definition) is 0. The summed E-state index contributed by atoms with van der Waals surface area (Å²) in [4.78, 5) is 0. The van der Waals surface area contributed by atoms with Crippen LogP contribution in [0.15, 0.2) is 0 Å². The second kappa shape index (κ2) is 12.3. The maximum absolute atomic E-state index is 6.07. The van der Waals surface area contributed by atoms with E-state index in [0.29, 0.717) is 0 Å². The quantitative estimate of drug-likeness (QED) is 0.490. The SMILES string of the molecule is CCCC(C)[O][Ga]([O]C(C)CCC)[O]C(C)CCC. The van der Waals surface area contributed by atoms with Crippen LogP contribution in [0.5, 0.6) is 0 Å². The minimum atomic E-state index is -2.52. The van der Waals surface area contributed by atoms with Crippen molar-refractivity contribution in [1.29, 1.82) is 0 Å². The van der Waals surface area contributed by atoms with Gasteiger partial charge in [0.1, 0.15) is 0 Å². The summed E-state index contributed by atoms with van der Waals surface area (Å²) in [7, 11) is 0. The van der Waals surface area contributed by atoms with Crippen LogP contribution in [0.1, 0.15) is 80.1 Å². The van der Waals surface area contributed by atoms with Crippen LogP contribution in [-0.2, 0) is 10.6 Å². The molecule has 0 bridgehead atoms. The number of hydrogen-bond acceptors (Lipinski definition) is 3. The molecule has 4 heteroatoms. The van der Waals surface area contributed by atoms with Gasteiger partial charge in [0.05, 0.1) is 0 Å². The van der Waals surface area contributed by atoms with E-state index in [-0.39, 0.29) is 18.3 Å². The van der Waals surface area contributed by atoms with Crippen molar-refractivity contribution in [2.45, 2.75) is 98.4 Å². The Labute approximate surface area is 126 Å². The molecule has 0 aliphatic heterocycles. The molecule has 0 heterocycles. The second-order valence-corrected chi connectivity index (χ2v) is 8.42. The summed E-state index contributed by atoms with van der Waals surface area (Å²) in [5.41, 5.74) is 0. The Morgan fingerprint density at radius 2 is 0.895 bits per heavy atom. The third-order valence-electron chi connectivity index (χ3n) is 3.12. The van der Waals surface area contributed by atoms with E-state index >= 15 is 0 Å². The molecule has 114 valence electrons. The van der Waals surface area contributed by atoms with Crippen LogP contribution in [0.2, 0.25) is 0 Å². The molecule has 0 aromatic carbocycles. The summed E-state index contributed by atoms with van der Waals surface area (Å²) in [5, 5.41) is 0. The van der Waals surface area contributed by atoms with E-state index in [2.05, 4.69) is 41.5 Å². The van der Waals surface area contributed by atoms with Crippen molar-refractivity contribution in [3.63, 3.8) is 0 Å². The van der Waals surface area contributed by atoms with Gasteiger partial charge in [-0.3, -0.25) is 0 Å². The van der Waals surface area contributed by atoms with Gasteiger partial charge in [0.25, 0.3) is 0 Å². The van der Waals surface area contributed by atoms with E-state index in [0.717, 1.165) is 38.5 Å². The predicted octanol–water partition coefficient (Wildman–Crippen LogP) is 4.59. The molecule has 0 spiro atoms. The molecule has 0 aromatic heterocycles. The van der Waals surface area contributed by atoms with Crippen molar-refractivity contribution >= 4 is 17.3 Å². The van der Waals surface area contributed by atoms with Gasteiger partial charge in [-0.25, -0.2) is 0 Å². The normalized spacial score (nSPS) is 16.1. The first kappa shape index (κ1) is 19.5. The molecule has 0 fully saturated rings. The minimum absolute atomic E-state index is 0.262. The zero-order valence-corrected chi connectivity index (χ0v) is 16.2. The Kier molecular flexibility index (Phi) is 12.6. The van der Waals surface area contributed by atoms with Crippen molar-refractivity contribution in [1.82, 2.24) is 0 Å². The van der Waals surface area contributed by atoms with Gasteiger partial charge in [0.15, 0.2) is 0 Å². The van der Waals surface area contributed by atoms with Crippen molar-refractivity contribution in [3.8, 4) is 0 Å². The molecule has 0 aliphatic rings. The molecule has 0 N–H and O–H groups in total. The summed E-state index contributed by atoms with van der Waals surface area (Å²) in [5.74, 6) is 0. The Morgan fingerprint density at radius 3 is 1.11 bits per heavy atom. The van der Waals surface area contributed by atoms with Gasteiger partial charge in [-0.1, -0.05) is 0 Å². The van der Waals surface area contributed by atoms with Crippen molar-refractivity contribution in [3.05, 3.63) is 0 Å². The summed E-state index contributed by atoms with van der Waals surface area (Å²) < 4.78 is 18.2. The van der Waals surface area contributed by atoms with Gasteiger partial charge in [0.2, 0.25) is 0 Å². The Hall–Kier alpha value is 0.516. The van der Waals surface area contributed by atoms with Gasteiger partial charge < -0.3 is 0 Å². The van der Waals surface area contributed by atoms with Crippen LogP contribution in [0.4, 0.5) is 0 Å². The zero-order chi connectivity index (χ0) is 14.7. The Balaban J connectivity index is 4.28. The van der Waals surface area contributed by atoms with Crippen LogP contribution in [0.3, 0.4) is 0 Å². The van der Waals surface area contributed by atoms with Gasteiger partial charge >= 0.3 is 126 Å². The molecular formula is C15H33GaO3. The predicted molar refractivity (Wildman–Crippen MR) is 82.1 cm³/mol. The molecule has 0 radical (unpaired) electrons. The average Bonchev–Trinajstić information content (AvgIpc) is 2.29. The summed E-state index contributed by atoms with van der Waals surface area (Å²) in [6, 6.07) is 0. The van der Waals surface area contributed by atoms with Crippen molar-refractivity contribution < 1.29 is 10.6 Å². The van der Waals surface area contributed by atoms with Crippen LogP contribution < -0.4 is 0 Å². The molecule has 19 heavy (non-hydrogen) atoms. The molecule has 3 atom stereocenters. The monoisotopic (exact) mass is 330 g/mol. The molecule has 0 aliphatic carbocycles. The van der Waals surface area contributed by atoms with Crippen LogP contribution in [-0.4, -0.2) is 35.6 Å². The molecule has 3 unspecified atom stereocenters.